The highest BCUT2D eigenvalue weighted by atomic mass is 16.7. The molecule has 0 amide bonds. The van der Waals surface area contributed by atoms with E-state index >= 15 is 0 Å². The van der Waals surface area contributed by atoms with Gasteiger partial charge in [-0.1, -0.05) is 6.42 Å². The molecule has 2 bridgehead atoms. The lowest BCUT2D eigenvalue weighted by Gasteiger charge is -2.40. The highest BCUT2D eigenvalue weighted by Gasteiger charge is 2.66. The molecule has 1 aliphatic heterocycles. The summed E-state index contributed by atoms with van der Waals surface area (Å²) in [5.74, 6) is -1.10. The molecule has 2 aliphatic carbocycles. The minimum atomic E-state index is -0.905. The molecule has 0 aromatic carbocycles. The van der Waals surface area contributed by atoms with Crippen molar-refractivity contribution in [2.45, 2.75) is 50.0 Å². The summed E-state index contributed by atoms with van der Waals surface area (Å²) < 4.78 is 11.3. The van der Waals surface area contributed by atoms with Crippen molar-refractivity contribution in [2.24, 2.45) is 11.8 Å². The fourth-order valence-electron chi connectivity index (χ4n) is 3.60. The second-order valence-electron chi connectivity index (χ2n) is 5.42. The molecule has 0 radical (unpaired) electrons. The van der Waals surface area contributed by atoms with Crippen molar-refractivity contribution in [3.8, 4) is 0 Å². The molecule has 6 atom stereocenters. The average Bonchev–Trinajstić information content (AvgIpc) is 2.69. The zero-order chi connectivity index (χ0) is 12.3. The van der Waals surface area contributed by atoms with E-state index in [1.165, 1.54) is 0 Å². The highest BCUT2D eigenvalue weighted by molar-refractivity contribution is 5.11. The third-order valence-corrected chi connectivity index (χ3v) is 4.54. The molecule has 2 saturated carbocycles. The minimum absolute atomic E-state index is 0.0966. The van der Waals surface area contributed by atoms with Gasteiger partial charge in [0.2, 0.25) is 5.91 Å². The second-order valence-corrected chi connectivity index (χ2v) is 5.42. The van der Waals surface area contributed by atoms with Crippen LogP contribution in [0.15, 0.2) is 0 Å². The first-order valence-electron chi connectivity index (χ1n) is 6.18. The van der Waals surface area contributed by atoms with Gasteiger partial charge < -0.3 is 19.7 Å². The molecule has 3 rings (SSSR count). The third kappa shape index (κ3) is 1.43. The van der Waals surface area contributed by atoms with Crippen LogP contribution in [0.3, 0.4) is 0 Å². The quantitative estimate of drug-likeness (QED) is 0.487. The summed E-state index contributed by atoms with van der Waals surface area (Å²) in [7, 11) is 1.56. The second kappa shape index (κ2) is 3.63. The first-order valence-corrected chi connectivity index (χ1v) is 6.18. The number of nitrogens with one attached hydrogen (secondary N) is 2. The van der Waals surface area contributed by atoms with Crippen LogP contribution in [-0.4, -0.2) is 41.2 Å². The smallest absolute Gasteiger partial charge is 0.238 e. The standard InChI is InChI=1S/C11H20N2O4/c1-10(16-2)12-13-11(17-10)6-4-3-5-7(11)9(15)8(6)14/h6-9,12-15H,3-5H2,1-2H3/t6-,7+,8-,9+,10?,11?. The molecule has 1 saturated heterocycles. The fourth-order valence-corrected chi connectivity index (χ4v) is 3.60. The molecule has 1 spiro atoms. The average molecular weight is 244 g/mol. The first kappa shape index (κ1) is 11.8. The Balaban J connectivity index is 1.93. The Bertz CT molecular complexity index is 311. The van der Waals surface area contributed by atoms with E-state index in [0.29, 0.717) is 0 Å². The van der Waals surface area contributed by atoms with Crippen molar-refractivity contribution in [3.05, 3.63) is 0 Å². The molecule has 6 heteroatoms. The molecule has 2 unspecified atom stereocenters. The lowest BCUT2D eigenvalue weighted by Crippen LogP contribution is -2.55. The van der Waals surface area contributed by atoms with Crippen LogP contribution in [0.2, 0.25) is 0 Å². The van der Waals surface area contributed by atoms with Crippen molar-refractivity contribution >= 4 is 0 Å². The predicted octanol–water partition coefficient (Wildman–Crippen LogP) is -0.721. The van der Waals surface area contributed by atoms with Crippen LogP contribution in [0, 0.1) is 11.8 Å². The molecule has 98 valence electrons. The first-order chi connectivity index (χ1) is 8.02. The number of hydrazine groups is 1. The SMILES string of the molecule is COC1(C)NNC2(O1)[C@@H]1CCC[C@H]2[C@H](O)[C@@H]1O. The van der Waals surface area contributed by atoms with E-state index in [2.05, 4.69) is 10.9 Å². The minimum Gasteiger partial charge on any atom is -0.390 e. The van der Waals surface area contributed by atoms with E-state index in [1.54, 1.807) is 14.0 Å². The van der Waals surface area contributed by atoms with Crippen LogP contribution in [0.25, 0.3) is 0 Å². The van der Waals surface area contributed by atoms with Gasteiger partial charge in [0.05, 0.1) is 12.2 Å². The number of methoxy groups -OCH3 is 1. The molecule has 17 heavy (non-hydrogen) atoms. The van der Waals surface area contributed by atoms with Gasteiger partial charge >= 0.3 is 0 Å². The molecule has 3 fully saturated rings. The Morgan fingerprint density at radius 2 is 1.76 bits per heavy atom. The Kier molecular flexibility index (Phi) is 2.52. The van der Waals surface area contributed by atoms with E-state index in [0.717, 1.165) is 19.3 Å². The van der Waals surface area contributed by atoms with Gasteiger partial charge in [-0.3, -0.25) is 0 Å². The van der Waals surface area contributed by atoms with Crippen LogP contribution >= 0.6 is 0 Å². The van der Waals surface area contributed by atoms with Gasteiger partial charge in [-0.2, -0.15) is 0 Å². The molecule has 6 nitrogen and oxygen atoms in total. The third-order valence-electron chi connectivity index (χ3n) is 4.54. The van der Waals surface area contributed by atoms with E-state index < -0.39 is 23.8 Å². The lowest BCUT2D eigenvalue weighted by atomic mass is 9.80. The Labute approximate surface area is 100 Å². The molecule has 4 N–H and O–H groups in total. The van der Waals surface area contributed by atoms with E-state index in [-0.39, 0.29) is 11.8 Å². The molecular weight excluding hydrogens is 224 g/mol. The van der Waals surface area contributed by atoms with Crippen LogP contribution in [0.5, 0.6) is 0 Å². The van der Waals surface area contributed by atoms with Crippen LogP contribution < -0.4 is 10.9 Å². The summed E-state index contributed by atoms with van der Waals surface area (Å²) in [6, 6.07) is 0. The van der Waals surface area contributed by atoms with E-state index in [1.807, 2.05) is 0 Å². The molecule has 1 heterocycles. The van der Waals surface area contributed by atoms with Crippen molar-refractivity contribution < 1.29 is 19.7 Å². The summed E-state index contributed by atoms with van der Waals surface area (Å²) in [5.41, 5.74) is 5.38. The highest BCUT2D eigenvalue weighted by Crippen LogP contribution is 2.53. The monoisotopic (exact) mass is 244 g/mol. The van der Waals surface area contributed by atoms with Gasteiger partial charge in [0.1, 0.15) is 5.72 Å². The van der Waals surface area contributed by atoms with Gasteiger partial charge in [-0.05, 0) is 12.8 Å². The molecule has 3 aliphatic rings. The maximum atomic E-state index is 10.1. The summed E-state index contributed by atoms with van der Waals surface area (Å²) in [6.07, 6.45) is 1.26. The zero-order valence-electron chi connectivity index (χ0n) is 10.1. The van der Waals surface area contributed by atoms with Gasteiger partial charge in [0, 0.05) is 25.9 Å². The van der Waals surface area contributed by atoms with Gasteiger partial charge in [0.15, 0.2) is 0 Å². The van der Waals surface area contributed by atoms with E-state index in [9.17, 15) is 10.2 Å². The zero-order valence-corrected chi connectivity index (χ0v) is 10.1. The summed E-state index contributed by atoms with van der Waals surface area (Å²) in [5, 5.41) is 20.2. The maximum Gasteiger partial charge on any atom is 0.238 e. The normalized spacial score (nSPS) is 57.9. The molecule has 0 aromatic rings. The number of hydrogen-bond acceptors (Lipinski definition) is 6. The van der Waals surface area contributed by atoms with Crippen molar-refractivity contribution in [1.82, 2.24) is 10.9 Å². The fraction of sp³-hybridized carbons (Fsp3) is 1.00. The Morgan fingerprint density at radius 3 is 2.24 bits per heavy atom. The van der Waals surface area contributed by atoms with E-state index in [4.69, 9.17) is 9.47 Å². The molecule has 0 aromatic heterocycles. The number of rotatable bonds is 1. The summed E-state index contributed by atoms with van der Waals surface area (Å²) >= 11 is 0. The van der Waals surface area contributed by atoms with Crippen molar-refractivity contribution in [3.63, 3.8) is 0 Å². The number of hydrogen-bond donors (Lipinski definition) is 4. The van der Waals surface area contributed by atoms with Crippen LogP contribution in [-0.2, 0) is 9.47 Å². The topological polar surface area (TPSA) is 83.0 Å². The Morgan fingerprint density at radius 1 is 1.18 bits per heavy atom. The number of ether oxygens (including phenoxy) is 2. The summed E-state index contributed by atoms with van der Waals surface area (Å²) in [6.45, 7) is 1.78. The summed E-state index contributed by atoms with van der Waals surface area (Å²) in [4.78, 5) is 0. The van der Waals surface area contributed by atoms with Crippen molar-refractivity contribution in [2.75, 3.05) is 7.11 Å². The van der Waals surface area contributed by atoms with Crippen LogP contribution in [0.4, 0.5) is 0 Å². The van der Waals surface area contributed by atoms with Crippen LogP contribution in [0.1, 0.15) is 26.2 Å². The van der Waals surface area contributed by atoms with Gasteiger partial charge in [-0.15, -0.1) is 0 Å². The maximum absolute atomic E-state index is 10.1. The van der Waals surface area contributed by atoms with Gasteiger partial charge in [-0.25, -0.2) is 10.9 Å². The van der Waals surface area contributed by atoms with Crippen molar-refractivity contribution in [1.29, 1.82) is 0 Å². The Hall–Kier alpha value is -0.240. The molecular formula is C11H20N2O4. The lowest BCUT2D eigenvalue weighted by molar-refractivity contribution is -0.262. The number of aliphatic hydroxyl groups is 2. The largest absolute Gasteiger partial charge is 0.390 e. The predicted molar refractivity (Wildman–Crippen MR) is 58.3 cm³/mol. The number of aliphatic hydroxyl groups excluding tert-OH is 2. The van der Waals surface area contributed by atoms with Gasteiger partial charge in [0.25, 0.3) is 0 Å².